The van der Waals surface area contributed by atoms with Crippen molar-refractivity contribution in [2.75, 3.05) is 33.4 Å². The highest BCUT2D eigenvalue weighted by Crippen LogP contribution is 2.39. The molecule has 0 spiro atoms. The first-order valence-corrected chi connectivity index (χ1v) is 11.6. The van der Waals surface area contributed by atoms with Crippen LogP contribution in [0.1, 0.15) is 37.3 Å². The molecule has 0 unspecified atom stereocenters. The number of halogens is 1. The van der Waals surface area contributed by atoms with Crippen molar-refractivity contribution in [3.63, 3.8) is 0 Å². The molecule has 0 amide bonds. The number of nitrogens with zero attached hydrogens (tertiary/aromatic N) is 2. The van der Waals surface area contributed by atoms with Crippen molar-refractivity contribution >= 4 is 17.0 Å². The average Bonchev–Trinajstić information content (AvgIpc) is 3.47. The smallest absolute Gasteiger partial charge is 0.173 e. The van der Waals surface area contributed by atoms with E-state index in [0.717, 1.165) is 35.9 Å². The molecule has 1 aliphatic heterocycles. The number of methoxy groups -OCH3 is 1. The molecule has 1 fully saturated rings. The number of rotatable bonds is 8. The number of ether oxygens (including phenoxy) is 3. The summed E-state index contributed by atoms with van der Waals surface area (Å²) in [7, 11) is 1.62. The lowest BCUT2D eigenvalue weighted by molar-refractivity contribution is 0.254. The number of pyridine rings is 1. The van der Waals surface area contributed by atoms with Gasteiger partial charge in [-0.25, -0.2) is 4.39 Å². The van der Waals surface area contributed by atoms with Crippen molar-refractivity contribution < 1.29 is 18.6 Å². The van der Waals surface area contributed by atoms with Crippen LogP contribution in [0.4, 0.5) is 4.39 Å². The molecule has 0 N–H and O–H groups in total. The molecule has 3 aromatic rings. The summed E-state index contributed by atoms with van der Waals surface area (Å²) in [6, 6.07) is 9.08. The lowest BCUT2D eigenvalue weighted by Crippen LogP contribution is -2.21. The summed E-state index contributed by atoms with van der Waals surface area (Å²) in [5.74, 6) is 1.65. The van der Waals surface area contributed by atoms with Gasteiger partial charge in [-0.2, -0.15) is 0 Å². The zero-order valence-corrected chi connectivity index (χ0v) is 19.2. The van der Waals surface area contributed by atoms with Crippen molar-refractivity contribution in [3.8, 4) is 23.0 Å². The number of fused-ring (bicyclic) bond motifs is 2. The van der Waals surface area contributed by atoms with Crippen molar-refractivity contribution in [3.05, 3.63) is 59.0 Å². The summed E-state index contributed by atoms with van der Waals surface area (Å²) in [6.07, 6.45) is 7.88. The van der Waals surface area contributed by atoms with Gasteiger partial charge in [-0.15, -0.1) is 0 Å². The van der Waals surface area contributed by atoms with Crippen LogP contribution in [0.3, 0.4) is 0 Å². The second kappa shape index (κ2) is 9.40. The normalized spacial score (nSPS) is 15.5. The van der Waals surface area contributed by atoms with E-state index >= 15 is 4.39 Å². The molecule has 0 atom stereocenters. The summed E-state index contributed by atoms with van der Waals surface area (Å²) < 4.78 is 32.7. The predicted octanol–water partition coefficient (Wildman–Crippen LogP) is 6.00. The Balaban J connectivity index is 1.37. The Kier molecular flexibility index (Phi) is 6.18. The predicted molar refractivity (Wildman–Crippen MR) is 128 cm³/mol. The summed E-state index contributed by atoms with van der Waals surface area (Å²) in [5, 5.41) is 0.741. The van der Waals surface area contributed by atoms with Gasteiger partial charge in [0.25, 0.3) is 0 Å². The van der Waals surface area contributed by atoms with E-state index in [9.17, 15) is 0 Å². The van der Waals surface area contributed by atoms with Crippen LogP contribution in [-0.4, -0.2) is 43.2 Å². The van der Waals surface area contributed by atoms with Gasteiger partial charge in [0.2, 0.25) is 0 Å². The maximum atomic E-state index is 15.1. The molecule has 5 nitrogen and oxygen atoms in total. The minimum absolute atomic E-state index is 0.202. The van der Waals surface area contributed by atoms with Crippen molar-refractivity contribution in [1.29, 1.82) is 0 Å². The largest absolute Gasteiger partial charge is 0.493 e. The molecular formula is C27H29FN2O3. The minimum atomic E-state index is -0.334. The number of hydrogen-bond acceptors (Lipinski definition) is 5. The molecule has 33 heavy (non-hydrogen) atoms. The highest BCUT2D eigenvalue weighted by Gasteiger charge is 2.19. The number of likely N-dealkylation sites (tertiary alicyclic amines) is 1. The van der Waals surface area contributed by atoms with Crippen molar-refractivity contribution in [1.82, 2.24) is 9.88 Å². The first-order chi connectivity index (χ1) is 16.1. The molecule has 0 radical (unpaired) electrons. The highest BCUT2D eigenvalue weighted by atomic mass is 19.1. The molecular weight excluding hydrogens is 419 g/mol. The summed E-state index contributed by atoms with van der Waals surface area (Å²) in [6.45, 7) is 6.04. The topological polar surface area (TPSA) is 43.8 Å². The fourth-order valence-electron chi connectivity index (χ4n) is 4.68. The Morgan fingerprint density at radius 2 is 1.88 bits per heavy atom. The van der Waals surface area contributed by atoms with E-state index in [4.69, 9.17) is 14.2 Å². The molecule has 1 aliphatic carbocycles. The van der Waals surface area contributed by atoms with Crippen LogP contribution in [0.15, 0.2) is 42.1 Å². The van der Waals surface area contributed by atoms with Crippen LogP contribution in [0.5, 0.6) is 23.0 Å². The Bertz CT molecular complexity index is 1200. The number of aromatic nitrogens is 1. The van der Waals surface area contributed by atoms with Gasteiger partial charge in [0, 0.05) is 29.8 Å². The number of hydrogen-bond donors (Lipinski definition) is 0. The minimum Gasteiger partial charge on any atom is -0.493 e. The first-order valence-electron chi connectivity index (χ1n) is 11.6. The van der Waals surface area contributed by atoms with Crippen LogP contribution < -0.4 is 14.2 Å². The van der Waals surface area contributed by atoms with Crippen LogP contribution in [0.25, 0.3) is 17.0 Å². The van der Waals surface area contributed by atoms with Crippen LogP contribution in [0.2, 0.25) is 0 Å². The fourth-order valence-corrected chi connectivity index (χ4v) is 4.68. The van der Waals surface area contributed by atoms with Gasteiger partial charge < -0.3 is 19.1 Å². The number of benzene rings is 2. The molecule has 5 rings (SSSR count). The zero-order valence-electron chi connectivity index (χ0n) is 19.2. The van der Waals surface area contributed by atoms with E-state index in [0.29, 0.717) is 34.9 Å². The lowest BCUT2D eigenvalue weighted by Gasteiger charge is -2.16. The highest BCUT2D eigenvalue weighted by molar-refractivity contribution is 5.88. The lowest BCUT2D eigenvalue weighted by atomic mass is 10.1. The third-order valence-corrected chi connectivity index (χ3v) is 6.38. The van der Waals surface area contributed by atoms with E-state index < -0.39 is 0 Å². The van der Waals surface area contributed by atoms with E-state index in [2.05, 4.69) is 9.88 Å². The molecule has 0 bridgehead atoms. The Hall–Kier alpha value is -3.12. The molecule has 1 saturated heterocycles. The first kappa shape index (κ1) is 21.7. The van der Waals surface area contributed by atoms with Crippen LogP contribution in [-0.2, 0) is 6.42 Å². The summed E-state index contributed by atoms with van der Waals surface area (Å²) >= 11 is 0. The van der Waals surface area contributed by atoms with E-state index in [1.165, 1.54) is 25.9 Å². The number of allylic oxidation sites excluding steroid dienone is 1. The van der Waals surface area contributed by atoms with E-state index in [-0.39, 0.29) is 11.6 Å². The molecule has 2 heterocycles. The van der Waals surface area contributed by atoms with E-state index in [1.54, 1.807) is 25.4 Å². The summed E-state index contributed by atoms with van der Waals surface area (Å²) in [4.78, 5) is 6.95. The second-order valence-electron chi connectivity index (χ2n) is 8.80. The van der Waals surface area contributed by atoms with Crippen LogP contribution >= 0.6 is 0 Å². The molecule has 172 valence electrons. The third-order valence-electron chi connectivity index (χ3n) is 6.38. The maximum absolute atomic E-state index is 15.1. The molecule has 1 aromatic heterocycles. The monoisotopic (exact) mass is 448 g/mol. The van der Waals surface area contributed by atoms with Crippen molar-refractivity contribution in [2.24, 2.45) is 0 Å². The molecule has 2 aliphatic rings. The van der Waals surface area contributed by atoms with Gasteiger partial charge in [-0.1, -0.05) is 17.7 Å². The average molecular weight is 449 g/mol. The van der Waals surface area contributed by atoms with E-state index in [1.807, 2.05) is 31.2 Å². The Morgan fingerprint density at radius 3 is 2.70 bits per heavy atom. The van der Waals surface area contributed by atoms with Gasteiger partial charge >= 0.3 is 0 Å². The summed E-state index contributed by atoms with van der Waals surface area (Å²) in [5.41, 5.74) is 3.46. The van der Waals surface area contributed by atoms with Crippen molar-refractivity contribution in [2.45, 2.75) is 32.6 Å². The zero-order chi connectivity index (χ0) is 22.8. The quantitative estimate of drug-likeness (QED) is 0.396. The van der Waals surface area contributed by atoms with Gasteiger partial charge in [-0.3, -0.25) is 4.98 Å². The van der Waals surface area contributed by atoms with Gasteiger partial charge in [-0.05, 0) is 69.5 Å². The van der Waals surface area contributed by atoms with Gasteiger partial charge in [0.1, 0.15) is 5.75 Å². The van der Waals surface area contributed by atoms with Gasteiger partial charge in [0.15, 0.2) is 23.1 Å². The Morgan fingerprint density at radius 1 is 1.03 bits per heavy atom. The molecule has 6 heteroatoms. The van der Waals surface area contributed by atoms with Crippen LogP contribution in [0, 0.1) is 5.82 Å². The third kappa shape index (κ3) is 4.53. The maximum Gasteiger partial charge on any atom is 0.173 e. The standard InChI is InChI=1S/C27H29FN2O3/c1-18-14-19-6-7-24(27(28)20(19)15-18)33-23-8-9-29-22-17-26(25(31-2)16-21(22)23)32-13-5-12-30-10-3-4-11-30/h6-9,15-17H,3-5,10-14H2,1-2H3. The fraction of sp³-hybridized carbons (Fsp3) is 0.370. The molecule has 0 saturated carbocycles. The Labute approximate surface area is 193 Å². The SMILES string of the molecule is COc1cc2c(Oc3ccc4c(c3F)C=C(C)C4)ccnc2cc1OCCCN1CCCC1. The molecule has 2 aromatic carbocycles. The van der Waals surface area contributed by atoms with Gasteiger partial charge in [0.05, 0.1) is 19.2 Å². The second-order valence-corrected chi connectivity index (χ2v) is 8.80.